The third kappa shape index (κ3) is 38.7. The number of carbonyl (C=O) groups is 2. The van der Waals surface area contributed by atoms with Crippen LogP contribution >= 0.6 is 0 Å². The molecule has 4 heteroatoms. The highest BCUT2D eigenvalue weighted by Crippen LogP contribution is 2.19. The molecule has 4 nitrogen and oxygen atoms in total. The van der Waals surface area contributed by atoms with E-state index in [4.69, 9.17) is 9.84 Å². The molecule has 0 saturated heterocycles. The lowest BCUT2D eigenvalue weighted by atomic mass is 10.0. The second-order valence-corrected chi connectivity index (χ2v) is 14.2. The SMILES string of the molecule is CCCCC/C=C\C/C=C\CCCCCCCC(=O)OC(CCCCCCCCCCCCCCCC)CCCCCCCC(=O)O. The largest absolute Gasteiger partial charge is 0.481 e. The molecule has 0 radical (unpaired) electrons. The van der Waals surface area contributed by atoms with Gasteiger partial charge in [0, 0.05) is 12.8 Å². The van der Waals surface area contributed by atoms with E-state index in [0.717, 1.165) is 77.0 Å². The highest BCUT2D eigenvalue weighted by Gasteiger charge is 2.14. The number of ether oxygens (including phenoxy) is 1. The van der Waals surface area contributed by atoms with E-state index in [0.29, 0.717) is 6.42 Å². The van der Waals surface area contributed by atoms with Gasteiger partial charge in [-0.15, -0.1) is 0 Å². The van der Waals surface area contributed by atoms with Gasteiger partial charge < -0.3 is 9.84 Å². The van der Waals surface area contributed by atoms with Gasteiger partial charge in [0.2, 0.25) is 0 Å². The smallest absolute Gasteiger partial charge is 0.306 e. The highest BCUT2D eigenvalue weighted by molar-refractivity contribution is 5.69. The summed E-state index contributed by atoms with van der Waals surface area (Å²) in [4.78, 5) is 23.4. The Morgan fingerprint density at radius 1 is 0.468 bits per heavy atom. The van der Waals surface area contributed by atoms with Crippen molar-refractivity contribution >= 4 is 11.9 Å². The van der Waals surface area contributed by atoms with Crippen molar-refractivity contribution in [3.8, 4) is 0 Å². The number of carbonyl (C=O) groups excluding carboxylic acids is 1. The number of hydrogen-bond acceptors (Lipinski definition) is 3. The van der Waals surface area contributed by atoms with Crippen LogP contribution in [0, 0.1) is 0 Å². The fraction of sp³-hybridized carbons (Fsp3) is 0.860. The molecule has 0 saturated carbocycles. The van der Waals surface area contributed by atoms with Gasteiger partial charge >= 0.3 is 11.9 Å². The molecule has 47 heavy (non-hydrogen) atoms. The van der Waals surface area contributed by atoms with E-state index < -0.39 is 5.97 Å². The van der Waals surface area contributed by atoms with Crippen LogP contribution in [0.5, 0.6) is 0 Å². The summed E-state index contributed by atoms with van der Waals surface area (Å²) < 4.78 is 6.01. The molecule has 0 aliphatic rings. The van der Waals surface area contributed by atoms with Crippen LogP contribution in [-0.4, -0.2) is 23.1 Å². The van der Waals surface area contributed by atoms with Crippen LogP contribution in [0.3, 0.4) is 0 Å². The van der Waals surface area contributed by atoms with Crippen molar-refractivity contribution in [2.45, 2.75) is 238 Å². The Kier molecular flexibility index (Phi) is 37.6. The topological polar surface area (TPSA) is 63.6 Å². The summed E-state index contributed by atoms with van der Waals surface area (Å²) in [7, 11) is 0. The van der Waals surface area contributed by atoms with Gasteiger partial charge in [-0.05, 0) is 70.6 Å². The van der Waals surface area contributed by atoms with Gasteiger partial charge in [0.1, 0.15) is 6.10 Å². The zero-order chi connectivity index (χ0) is 34.3. The standard InChI is InChI=1S/C43H80O4/c1-3-5-7-9-11-13-15-17-19-21-23-25-27-32-36-40-43(46)47-41(38-34-30-28-31-35-39-42(44)45)37-33-29-26-24-22-20-18-16-14-12-10-8-6-4-2/h11,13,17,19,41H,3-10,12,14-16,18,20-40H2,1-2H3,(H,44,45)/b13-11-,19-17-. The molecular formula is C43H80O4. The van der Waals surface area contributed by atoms with Crippen LogP contribution in [0.15, 0.2) is 24.3 Å². The monoisotopic (exact) mass is 661 g/mol. The van der Waals surface area contributed by atoms with Crippen molar-refractivity contribution in [1.29, 1.82) is 0 Å². The lowest BCUT2D eigenvalue weighted by Crippen LogP contribution is -2.18. The van der Waals surface area contributed by atoms with E-state index in [9.17, 15) is 9.59 Å². The number of aliphatic carboxylic acids is 1. The summed E-state index contributed by atoms with van der Waals surface area (Å²) in [6, 6.07) is 0. The first-order chi connectivity index (χ1) is 23.1. The summed E-state index contributed by atoms with van der Waals surface area (Å²) in [5, 5.41) is 8.83. The first-order valence-corrected chi connectivity index (χ1v) is 20.8. The Labute approximate surface area is 293 Å². The molecule has 276 valence electrons. The molecule has 0 amide bonds. The van der Waals surface area contributed by atoms with Crippen LogP contribution in [0.2, 0.25) is 0 Å². The fourth-order valence-corrected chi connectivity index (χ4v) is 6.33. The fourth-order valence-electron chi connectivity index (χ4n) is 6.33. The summed E-state index contributed by atoms with van der Waals surface area (Å²) in [6.07, 6.45) is 49.1. The van der Waals surface area contributed by atoms with E-state index in [1.165, 1.54) is 128 Å². The summed E-state index contributed by atoms with van der Waals surface area (Å²) in [5.41, 5.74) is 0. The molecule has 0 aromatic heterocycles. The van der Waals surface area contributed by atoms with E-state index in [1.807, 2.05) is 0 Å². The predicted molar refractivity (Wildman–Crippen MR) is 204 cm³/mol. The van der Waals surface area contributed by atoms with Crippen LogP contribution in [0.25, 0.3) is 0 Å². The van der Waals surface area contributed by atoms with Crippen molar-refractivity contribution in [3.05, 3.63) is 24.3 Å². The molecule has 0 aliphatic carbocycles. The molecule has 0 bridgehead atoms. The molecule has 0 fully saturated rings. The van der Waals surface area contributed by atoms with Crippen molar-refractivity contribution in [2.75, 3.05) is 0 Å². The molecule has 0 rings (SSSR count). The third-order valence-corrected chi connectivity index (χ3v) is 9.43. The second-order valence-electron chi connectivity index (χ2n) is 14.2. The Morgan fingerprint density at radius 3 is 1.30 bits per heavy atom. The lowest BCUT2D eigenvalue weighted by Gasteiger charge is -2.18. The molecule has 1 N–H and O–H groups in total. The lowest BCUT2D eigenvalue weighted by molar-refractivity contribution is -0.150. The van der Waals surface area contributed by atoms with Crippen LogP contribution < -0.4 is 0 Å². The van der Waals surface area contributed by atoms with Crippen molar-refractivity contribution in [2.24, 2.45) is 0 Å². The minimum Gasteiger partial charge on any atom is -0.481 e. The van der Waals surface area contributed by atoms with E-state index in [2.05, 4.69) is 38.2 Å². The van der Waals surface area contributed by atoms with Crippen LogP contribution in [-0.2, 0) is 14.3 Å². The Bertz CT molecular complexity index is 713. The van der Waals surface area contributed by atoms with Gasteiger partial charge in [-0.3, -0.25) is 9.59 Å². The number of esters is 1. The minimum atomic E-state index is -0.700. The Hall–Kier alpha value is -1.58. The zero-order valence-electron chi connectivity index (χ0n) is 31.6. The maximum Gasteiger partial charge on any atom is 0.306 e. The highest BCUT2D eigenvalue weighted by atomic mass is 16.5. The van der Waals surface area contributed by atoms with Crippen molar-refractivity contribution < 1.29 is 19.4 Å². The zero-order valence-corrected chi connectivity index (χ0v) is 31.6. The van der Waals surface area contributed by atoms with Gasteiger partial charge in [-0.1, -0.05) is 173 Å². The van der Waals surface area contributed by atoms with Gasteiger partial charge in [-0.25, -0.2) is 0 Å². The first kappa shape index (κ1) is 45.4. The van der Waals surface area contributed by atoms with E-state index >= 15 is 0 Å². The van der Waals surface area contributed by atoms with Crippen molar-refractivity contribution in [1.82, 2.24) is 0 Å². The average Bonchev–Trinajstić information content (AvgIpc) is 3.05. The first-order valence-electron chi connectivity index (χ1n) is 20.8. The average molecular weight is 661 g/mol. The van der Waals surface area contributed by atoms with Crippen molar-refractivity contribution in [3.63, 3.8) is 0 Å². The Balaban J connectivity index is 4.04. The molecule has 1 atom stereocenters. The third-order valence-electron chi connectivity index (χ3n) is 9.43. The minimum absolute atomic E-state index is 0.00694. The number of hydrogen-bond donors (Lipinski definition) is 1. The number of allylic oxidation sites excluding steroid dienone is 4. The van der Waals surface area contributed by atoms with Gasteiger partial charge in [0.25, 0.3) is 0 Å². The molecule has 0 heterocycles. The molecule has 0 aromatic carbocycles. The molecule has 0 aromatic rings. The van der Waals surface area contributed by atoms with Gasteiger partial charge in [0.15, 0.2) is 0 Å². The summed E-state index contributed by atoms with van der Waals surface area (Å²) in [5.74, 6) is -0.707. The quantitative estimate of drug-likeness (QED) is 0.0407. The molecule has 0 aliphatic heterocycles. The maximum absolute atomic E-state index is 12.7. The van der Waals surface area contributed by atoms with Gasteiger partial charge in [-0.2, -0.15) is 0 Å². The molecule has 0 spiro atoms. The molecular weight excluding hydrogens is 580 g/mol. The number of carboxylic acid groups (broad SMARTS) is 1. The molecule has 1 unspecified atom stereocenters. The normalized spacial score (nSPS) is 12.4. The predicted octanol–water partition coefficient (Wildman–Crippen LogP) is 14.4. The second kappa shape index (κ2) is 38.9. The summed E-state index contributed by atoms with van der Waals surface area (Å²) in [6.45, 7) is 4.53. The van der Waals surface area contributed by atoms with Gasteiger partial charge in [0.05, 0.1) is 0 Å². The number of carboxylic acids is 1. The number of unbranched alkanes of at least 4 members (excludes halogenated alkanes) is 25. The van der Waals surface area contributed by atoms with E-state index in [-0.39, 0.29) is 18.5 Å². The van der Waals surface area contributed by atoms with Crippen LogP contribution in [0.4, 0.5) is 0 Å². The Morgan fingerprint density at radius 2 is 0.830 bits per heavy atom. The summed E-state index contributed by atoms with van der Waals surface area (Å²) >= 11 is 0. The van der Waals surface area contributed by atoms with Crippen LogP contribution in [0.1, 0.15) is 232 Å². The maximum atomic E-state index is 12.7. The van der Waals surface area contributed by atoms with E-state index in [1.54, 1.807) is 0 Å². The number of rotatable bonds is 38.